The molecule has 1 aliphatic carbocycles. The van der Waals surface area contributed by atoms with Crippen molar-refractivity contribution in [3.63, 3.8) is 0 Å². The van der Waals surface area contributed by atoms with Gasteiger partial charge in [0.15, 0.2) is 0 Å². The van der Waals surface area contributed by atoms with Gasteiger partial charge in [-0.2, -0.15) is 0 Å². The first-order valence-electron chi connectivity index (χ1n) is 8.92. The SMILES string of the molecule is C/C(N)=C(/C=NCC1CCCCO1)c1cccc(C#CC2CC2)c1. The molecule has 0 bridgehead atoms. The van der Waals surface area contributed by atoms with Crippen LogP contribution >= 0.6 is 0 Å². The molecule has 1 heterocycles. The molecule has 0 spiro atoms. The number of hydrogen-bond acceptors (Lipinski definition) is 3. The van der Waals surface area contributed by atoms with Gasteiger partial charge in [-0.15, -0.1) is 0 Å². The summed E-state index contributed by atoms with van der Waals surface area (Å²) in [6.07, 6.45) is 8.14. The van der Waals surface area contributed by atoms with Crippen LogP contribution in [0.1, 0.15) is 50.2 Å². The summed E-state index contributed by atoms with van der Waals surface area (Å²) in [6, 6.07) is 8.25. The fourth-order valence-electron chi connectivity index (χ4n) is 2.79. The lowest BCUT2D eigenvalue weighted by molar-refractivity contribution is 0.0226. The van der Waals surface area contributed by atoms with E-state index in [1.54, 1.807) is 0 Å². The minimum absolute atomic E-state index is 0.255. The fraction of sp³-hybridized carbons (Fsp3) is 0.476. The summed E-state index contributed by atoms with van der Waals surface area (Å²) in [4.78, 5) is 4.58. The highest BCUT2D eigenvalue weighted by atomic mass is 16.5. The molecule has 1 atom stereocenters. The molecule has 2 aliphatic rings. The number of nitrogens with zero attached hydrogens (tertiary/aromatic N) is 1. The van der Waals surface area contributed by atoms with Crippen LogP contribution in [0.15, 0.2) is 35.0 Å². The van der Waals surface area contributed by atoms with Crippen molar-refractivity contribution in [3.8, 4) is 11.8 Å². The Kier molecular flexibility index (Phi) is 5.72. The molecular formula is C21H26N2O. The quantitative estimate of drug-likeness (QED) is 0.677. The summed E-state index contributed by atoms with van der Waals surface area (Å²) in [6.45, 7) is 3.49. The van der Waals surface area contributed by atoms with E-state index >= 15 is 0 Å². The van der Waals surface area contributed by atoms with Crippen LogP contribution in [0.25, 0.3) is 5.57 Å². The van der Waals surface area contributed by atoms with E-state index in [0.717, 1.165) is 35.4 Å². The zero-order chi connectivity index (χ0) is 16.8. The maximum Gasteiger partial charge on any atom is 0.0770 e. The molecular weight excluding hydrogens is 296 g/mol. The van der Waals surface area contributed by atoms with Crippen molar-refractivity contribution >= 4 is 11.8 Å². The first kappa shape index (κ1) is 16.8. The lowest BCUT2D eigenvalue weighted by Crippen LogP contribution is -2.21. The number of rotatable bonds is 4. The lowest BCUT2D eigenvalue weighted by atomic mass is 10.0. The molecule has 2 N–H and O–H groups in total. The lowest BCUT2D eigenvalue weighted by Gasteiger charge is -2.20. The number of benzene rings is 1. The highest BCUT2D eigenvalue weighted by Gasteiger charge is 2.17. The topological polar surface area (TPSA) is 47.6 Å². The van der Waals surface area contributed by atoms with E-state index in [9.17, 15) is 0 Å². The predicted molar refractivity (Wildman–Crippen MR) is 99.8 cm³/mol. The molecule has 1 aromatic carbocycles. The average Bonchev–Trinajstić information content (AvgIpc) is 3.42. The molecule has 0 radical (unpaired) electrons. The van der Waals surface area contributed by atoms with E-state index in [2.05, 4.69) is 35.0 Å². The monoisotopic (exact) mass is 322 g/mol. The Morgan fingerprint density at radius 1 is 1.33 bits per heavy atom. The fourth-order valence-corrected chi connectivity index (χ4v) is 2.79. The van der Waals surface area contributed by atoms with Crippen LogP contribution < -0.4 is 5.73 Å². The highest BCUT2D eigenvalue weighted by molar-refractivity contribution is 6.10. The minimum atomic E-state index is 0.255. The minimum Gasteiger partial charge on any atom is -0.402 e. The van der Waals surface area contributed by atoms with E-state index in [-0.39, 0.29) is 6.10 Å². The third-order valence-corrected chi connectivity index (χ3v) is 4.40. The smallest absolute Gasteiger partial charge is 0.0770 e. The molecule has 2 fully saturated rings. The van der Waals surface area contributed by atoms with Crippen molar-refractivity contribution in [1.82, 2.24) is 0 Å². The summed E-state index contributed by atoms with van der Waals surface area (Å²) in [5, 5.41) is 0. The summed E-state index contributed by atoms with van der Waals surface area (Å²) in [5.74, 6) is 7.19. The van der Waals surface area contributed by atoms with Gasteiger partial charge >= 0.3 is 0 Å². The van der Waals surface area contributed by atoms with Gasteiger partial charge in [0, 0.05) is 35.6 Å². The van der Waals surface area contributed by atoms with Gasteiger partial charge in [-0.3, -0.25) is 4.99 Å². The molecule has 1 saturated heterocycles. The van der Waals surface area contributed by atoms with Crippen molar-refractivity contribution < 1.29 is 4.74 Å². The predicted octanol–water partition coefficient (Wildman–Crippen LogP) is 3.78. The van der Waals surface area contributed by atoms with Crippen LogP contribution in [0.4, 0.5) is 0 Å². The van der Waals surface area contributed by atoms with Gasteiger partial charge in [0.2, 0.25) is 0 Å². The maximum atomic E-state index is 6.09. The molecule has 1 unspecified atom stereocenters. The van der Waals surface area contributed by atoms with Crippen molar-refractivity contribution in [1.29, 1.82) is 0 Å². The van der Waals surface area contributed by atoms with Gasteiger partial charge < -0.3 is 10.5 Å². The van der Waals surface area contributed by atoms with E-state index in [0.29, 0.717) is 12.5 Å². The normalized spacial score (nSPS) is 22.0. The van der Waals surface area contributed by atoms with Gasteiger partial charge in [0.05, 0.1) is 12.6 Å². The number of aliphatic imine (C=N–C) groups is 1. The Morgan fingerprint density at radius 3 is 2.92 bits per heavy atom. The van der Waals surface area contributed by atoms with Crippen molar-refractivity contribution in [3.05, 3.63) is 41.1 Å². The zero-order valence-electron chi connectivity index (χ0n) is 14.4. The second-order valence-electron chi connectivity index (χ2n) is 6.70. The Hall–Kier alpha value is -2.05. The van der Waals surface area contributed by atoms with Crippen molar-refractivity contribution in [2.45, 2.75) is 45.1 Å². The Morgan fingerprint density at radius 2 is 2.21 bits per heavy atom. The van der Waals surface area contributed by atoms with E-state index < -0.39 is 0 Å². The average molecular weight is 322 g/mol. The van der Waals surface area contributed by atoms with Gasteiger partial charge in [-0.25, -0.2) is 0 Å². The number of allylic oxidation sites excluding steroid dienone is 2. The van der Waals surface area contributed by atoms with Gasteiger partial charge in [0.25, 0.3) is 0 Å². The van der Waals surface area contributed by atoms with Crippen molar-refractivity contribution in [2.75, 3.05) is 13.2 Å². The van der Waals surface area contributed by atoms with E-state index in [4.69, 9.17) is 10.5 Å². The van der Waals surface area contributed by atoms with Crippen LogP contribution in [-0.4, -0.2) is 25.5 Å². The van der Waals surface area contributed by atoms with E-state index in [1.165, 1.54) is 25.7 Å². The second kappa shape index (κ2) is 8.17. The first-order valence-corrected chi connectivity index (χ1v) is 8.92. The highest BCUT2D eigenvalue weighted by Crippen LogP contribution is 2.27. The van der Waals surface area contributed by atoms with Crippen LogP contribution in [0.5, 0.6) is 0 Å². The Balaban J connectivity index is 1.70. The second-order valence-corrected chi connectivity index (χ2v) is 6.70. The third kappa shape index (κ3) is 4.97. The van der Waals surface area contributed by atoms with Crippen LogP contribution in [0.2, 0.25) is 0 Å². The molecule has 3 nitrogen and oxygen atoms in total. The number of nitrogens with two attached hydrogens (primary N) is 1. The molecule has 1 aromatic rings. The van der Waals surface area contributed by atoms with Gasteiger partial charge in [-0.05, 0) is 56.7 Å². The maximum absolute atomic E-state index is 6.09. The van der Waals surface area contributed by atoms with Crippen LogP contribution in [0, 0.1) is 17.8 Å². The molecule has 1 aliphatic heterocycles. The Bertz CT molecular complexity index is 679. The Labute approximate surface area is 145 Å². The molecule has 3 rings (SSSR count). The summed E-state index contributed by atoms with van der Waals surface area (Å²) in [7, 11) is 0. The molecule has 24 heavy (non-hydrogen) atoms. The molecule has 0 amide bonds. The summed E-state index contributed by atoms with van der Waals surface area (Å²) < 4.78 is 5.73. The summed E-state index contributed by atoms with van der Waals surface area (Å²) in [5.41, 5.74) is 9.96. The molecule has 1 saturated carbocycles. The first-order chi connectivity index (χ1) is 11.7. The van der Waals surface area contributed by atoms with E-state index in [1.807, 2.05) is 19.2 Å². The van der Waals surface area contributed by atoms with Gasteiger partial charge in [-0.1, -0.05) is 24.0 Å². The molecule has 0 aromatic heterocycles. The summed E-state index contributed by atoms with van der Waals surface area (Å²) >= 11 is 0. The van der Waals surface area contributed by atoms with Crippen molar-refractivity contribution in [2.24, 2.45) is 16.6 Å². The van der Waals surface area contributed by atoms with Crippen LogP contribution in [-0.2, 0) is 4.74 Å². The zero-order valence-corrected chi connectivity index (χ0v) is 14.4. The third-order valence-electron chi connectivity index (χ3n) is 4.40. The van der Waals surface area contributed by atoms with Crippen LogP contribution in [0.3, 0.4) is 0 Å². The molecule has 3 heteroatoms. The standard InChI is InChI=1S/C21H26N2O/c1-16(22)21(15-23-14-20-7-2-3-12-24-20)19-6-4-5-18(13-19)11-10-17-8-9-17/h4-6,13,15,17,20H,2-3,7-9,12,14,22H2,1H3/b21-16+,23-15?. The molecule has 126 valence electrons. The number of hydrogen-bond donors (Lipinski definition) is 1. The van der Waals surface area contributed by atoms with Gasteiger partial charge in [0.1, 0.15) is 0 Å². The number of ether oxygens (including phenoxy) is 1. The largest absolute Gasteiger partial charge is 0.402 e.